The minimum absolute atomic E-state index is 0.00837. The molecule has 2 aliphatic rings. The van der Waals surface area contributed by atoms with Crippen LogP contribution in [0, 0.1) is 0 Å². The molecule has 0 spiro atoms. The molecule has 7 heteroatoms. The Morgan fingerprint density at radius 1 is 1.04 bits per heavy atom. The fourth-order valence-corrected chi connectivity index (χ4v) is 3.67. The molecule has 0 atom stereocenters. The molecule has 2 fully saturated rings. The molecule has 26 heavy (non-hydrogen) atoms. The van der Waals surface area contributed by atoms with Crippen LogP contribution >= 0.6 is 0 Å². The van der Waals surface area contributed by atoms with E-state index in [1.165, 1.54) is 12.8 Å². The van der Waals surface area contributed by atoms with Crippen LogP contribution in [0.4, 0.5) is 5.82 Å². The fourth-order valence-electron chi connectivity index (χ4n) is 3.67. The van der Waals surface area contributed by atoms with E-state index in [0.717, 1.165) is 19.6 Å². The molecule has 1 aromatic heterocycles. The van der Waals surface area contributed by atoms with Gasteiger partial charge in [-0.3, -0.25) is 9.59 Å². The third-order valence-electron chi connectivity index (χ3n) is 5.20. The Hall–Kier alpha value is -2.15. The van der Waals surface area contributed by atoms with E-state index in [-0.39, 0.29) is 11.8 Å². The van der Waals surface area contributed by atoms with Gasteiger partial charge in [0, 0.05) is 59.4 Å². The van der Waals surface area contributed by atoms with Gasteiger partial charge in [0.2, 0.25) is 5.91 Å². The van der Waals surface area contributed by atoms with Crippen LogP contribution in [-0.4, -0.2) is 91.4 Å². The predicted octanol–water partition coefficient (Wildman–Crippen LogP) is 0.918. The lowest BCUT2D eigenvalue weighted by Crippen LogP contribution is -2.51. The molecule has 0 unspecified atom stereocenters. The van der Waals surface area contributed by atoms with Crippen molar-refractivity contribution in [2.45, 2.75) is 19.3 Å². The molecule has 1 aromatic rings. The van der Waals surface area contributed by atoms with Gasteiger partial charge in [-0.25, -0.2) is 4.98 Å². The molecule has 0 bridgehead atoms. The van der Waals surface area contributed by atoms with E-state index >= 15 is 0 Å². The van der Waals surface area contributed by atoms with Gasteiger partial charge < -0.3 is 19.6 Å². The first-order valence-corrected chi connectivity index (χ1v) is 9.48. The molecule has 2 aliphatic heterocycles. The van der Waals surface area contributed by atoms with Gasteiger partial charge >= 0.3 is 0 Å². The van der Waals surface area contributed by atoms with Gasteiger partial charge in [0.15, 0.2) is 0 Å². The fraction of sp³-hybridized carbons (Fsp3) is 0.632. The quantitative estimate of drug-likeness (QED) is 0.782. The van der Waals surface area contributed by atoms with Gasteiger partial charge in [-0.05, 0) is 38.1 Å². The first-order chi connectivity index (χ1) is 12.6. The Morgan fingerprint density at radius 3 is 2.35 bits per heavy atom. The van der Waals surface area contributed by atoms with Gasteiger partial charge in [0.05, 0.1) is 5.56 Å². The summed E-state index contributed by atoms with van der Waals surface area (Å²) in [4.78, 5) is 37.5. The van der Waals surface area contributed by atoms with Crippen molar-refractivity contribution in [1.29, 1.82) is 0 Å². The van der Waals surface area contributed by atoms with E-state index in [1.807, 2.05) is 34.9 Å². The highest BCUT2D eigenvalue weighted by molar-refractivity contribution is 5.99. The number of carbonyl (C=O) groups excluding carboxylic acids is 2. The normalized spacial score (nSPS) is 18.2. The second-order valence-corrected chi connectivity index (χ2v) is 7.24. The second-order valence-electron chi connectivity index (χ2n) is 7.24. The lowest BCUT2D eigenvalue weighted by molar-refractivity contribution is -0.133. The molecule has 2 amide bonds. The predicted molar refractivity (Wildman–Crippen MR) is 101 cm³/mol. The summed E-state index contributed by atoms with van der Waals surface area (Å²) in [6, 6.07) is 3.61. The van der Waals surface area contributed by atoms with Crippen molar-refractivity contribution in [3.05, 3.63) is 23.9 Å². The molecule has 0 aromatic carbocycles. The summed E-state index contributed by atoms with van der Waals surface area (Å²) in [6.45, 7) is 5.49. The van der Waals surface area contributed by atoms with Crippen molar-refractivity contribution in [3.63, 3.8) is 0 Å². The average molecular weight is 359 g/mol. The highest BCUT2D eigenvalue weighted by Gasteiger charge is 2.27. The number of piperazine rings is 1. The van der Waals surface area contributed by atoms with E-state index in [1.54, 1.807) is 12.3 Å². The summed E-state index contributed by atoms with van der Waals surface area (Å²) in [6.07, 6.45) is 4.78. The monoisotopic (exact) mass is 359 g/mol. The first kappa shape index (κ1) is 18.6. The maximum absolute atomic E-state index is 12.9. The van der Waals surface area contributed by atoms with Gasteiger partial charge in [-0.2, -0.15) is 0 Å². The van der Waals surface area contributed by atoms with E-state index in [0.29, 0.717) is 44.0 Å². The summed E-state index contributed by atoms with van der Waals surface area (Å²) >= 11 is 0. The summed E-state index contributed by atoms with van der Waals surface area (Å²) in [7, 11) is 3.77. The van der Waals surface area contributed by atoms with Gasteiger partial charge in [-0.1, -0.05) is 0 Å². The van der Waals surface area contributed by atoms with Crippen LogP contribution in [0.15, 0.2) is 18.3 Å². The van der Waals surface area contributed by atoms with Gasteiger partial charge in [0.25, 0.3) is 5.91 Å². The number of pyridine rings is 1. The number of likely N-dealkylation sites (tertiary alicyclic amines) is 1. The number of carbonyl (C=O) groups is 2. The number of hydrogen-bond donors (Lipinski definition) is 0. The first-order valence-electron chi connectivity index (χ1n) is 9.48. The van der Waals surface area contributed by atoms with E-state index in [2.05, 4.69) is 9.88 Å². The maximum Gasteiger partial charge on any atom is 0.257 e. The maximum atomic E-state index is 12.9. The topological polar surface area (TPSA) is 60.0 Å². The zero-order valence-corrected chi connectivity index (χ0v) is 15.9. The van der Waals surface area contributed by atoms with Crippen molar-refractivity contribution >= 4 is 17.6 Å². The van der Waals surface area contributed by atoms with E-state index < -0.39 is 0 Å². The molecule has 3 rings (SSSR count). The van der Waals surface area contributed by atoms with E-state index in [4.69, 9.17) is 0 Å². The molecular weight excluding hydrogens is 330 g/mol. The largest absolute Gasteiger partial charge is 0.362 e. The number of anilines is 1. The van der Waals surface area contributed by atoms with Gasteiger partial charge in [-0.15, -0.1) is 0 Å². The van der Waals surface area contributed by atoms with Crippen LogP contribution in [0.25, 0.3) is 0 Å². The van der Waals surface area contributed by atoms with Crippen LogP contribution in [0.3, 0.4) is 0 Å². The third-order valence-corrected chi connectivity index (χ3v) is 5.20. The molecule has 2 saturated heterocycles. The highest BCUT2D eigenvalue weighted by atomic mass is 16.2. The van der Waals surface area contributed by atoms with Gasteiger partial charge in [0.1, 0.15) is 5.82 Å². The van der Waals surface area contributed by atoms with Crippen molar-refractivity contribution < 1.29 is 9.59 Å². The number of nitrogens with zero attached hydrogens (tertiary/aromatic N) is 5. The smallest absolute Gasteiger partial charge is 0.257 e. The second kappa shape index (κ2) is 8.49. The summed E-state index contributed by atoms with van der Waals surface area (Å²) < 4.78 is 0. The Morgan fingerprint density at radius 2 is 1.69 bits per heavy atom. The average Bonchev–Trinajstić information content (AvgIpc) is 3.19. The Balaban J connectivity index is 1.51. The Labute approximate surface area is 155 Å². The molecular formula is C19H29N5O2. The number of amides is 2. The molecule has 0 N–H and O–H groups in total. The van der Waals surface area contributed by atoms with Crippen molar-refractivity contribution in [1.82, 2.24) is 19.7 Å². The summed E-state index contributed by atoms with van der Waals surface area (Å²) in [5.41, 5.74) is 0.617. The van der Waals surface area contributed by atoms with Crippen molar-refractivity contribution in [3.8, 4) is 0 Å². The minimum atomic E-state index is -0.00837. The van der Waals surface area contributed by atoms with Crippen LogP contribution in [-0.2, 0) is 4.79 Å². The standard InChI is InChI=1S/C19H29N5O2/c1-21(2)18-16(6-5-8-20-18)19(26)24-14-12-23(13-15-24)17(25)7-11-22-9-3-4-10-22/h5-6,8H,3-4,7,9-15H2,1-2H3. The van der Waals surface area contributed by atoms with E-state index in [9.17, 15) is 9.59 Å². The molecule has 142 valence electrons. The summed E-state index contributed by atoms with van der Waals surface area (Å²) in [5.74, 6) is 0.881. The Bertz CT molecular complexity index is 635. The third kappa shape index (κ3) is 4.33. The molecule has 3 heterocycles. The highest BCUT2D eigenvalue weighted by Crippen LogP contribution is 2.18. The number of aromatic nitrogens is 1. The number of rotatable bonds is 5. The molecule has 0 radical (unpaired) electrons. The zero-order chi connectivity index (χ0) is 18.5. The summed E-state index contributed by atoms with van der Waals surface area (Å²) in [5, 5.41) is 0. The zero-order valence-electron chi connectivity index (χ0n) is 15.9. The van der Waals surface area contributed by atoms with Crippen LogP contribution in [0.2, 0.25) is 0 Å². The van der Waals surface area contributed by atoms with Crippen molar-refractivity contribution in [2.24, 2.45) is 0 Å². The number of hydrogen-bond acceptors (Lipinski definition) is 5. The molecule has 7 nitrogen and oxygen atoms in total. The van der Waals surface area contributed by atoms with Crippen LogP contribution in [0.5, 0.6) is 0 Å². The van der Waals surface area contributed by atoms with Crippen molar-refractivity contribution in [2.75, 3.05) is 64.8 Å². The Kier molecular flexibility index (Phi) is 6.08. The molecule has 0 aliphatic carbocycles. The lowest BCUT2D eigenvalue weighted by Gasteiger charge is -2.35. The van der Waals surface area contributed by atoms with Crippen LogP contribution < -0.4 is 4.90 Å². The molecule has 0 saturated carbocycles. The lowest BCUT2D eigenvalue weighted by atomic mass is 10.2. The SMILES string of the molecule is CN(C)c1ncccc1C(=O)N1CCN(C(=O)CCN2CCCC2)CC1. The minimum Gasteiger partial charge on any atom is -0.362 e. The van der Waals surface area contributed by atoms with Crippen LogP contribution in [0.1, 0.15) is 29.6 Å².